The molecule has 1 heterocycles. The highest BCUT2D eigenvalue weighted by Crippen LogP contribution is 2.34. The fourth-order valence-corrected chi connectivity index (χ4v) is 3.17. The molecule has 90 valence electrons. The number of alkyl halides is 1. The summed E-state index contributed by atoms with van der Waals surface area (Å²) in [5.74, 6) is 0.942. The zero-order valence-electron chi connectivity index (χ0n) is 9.17. The number of hydrogen-bond donors (Lipinski definition) is 0. The standard InChI is InChI=1S/C10H19ClO3S/c1-2-15(12,13)7-5-10(8-11)4-3-6-14-9-10/h2-9H2,1H3. The van der Waals surface area contributed by atoms with Crippen LogP contribution >= 0.6 is 11.6 Å². The lowest BCUT2D eigenvalue weighted by Crippen LogP contribution is -2.35. The summed E-state index contributed by atoms with van der Waals surface area (Å²) in [6.07, 6.45) is 2.60. The first kappa shape index (κ1) is 13.3. The van der Waals surface area contributed by atoms with Crippen LogP contribution in [-0.4, -0.2) is 39.0 Å². The average Bonchev–Trinajstić information content (AvgIpc) is 2.28. The summed E-state index contributed by atoms with van der Waals surface area (Å²) in [6, 6.07) is 0. The van der Waals surface area contributed by atoms with Gasteiger partial charge in [-0.3, -0.25) is 0 Å². The predicted molar refractivity (Wildman–Crippen MR) is 62.2 cm³/mol. The number of ether oxygens (including phenoxy) is 1. The van der Waals surface area contributed by atoms with Gasteiger partial charge in [0.05, 0.1) is 12.4 Å². The number of hydrogen-bond acceptors (Lipinski definition) is 3. The molecule has 15 heavy (non-hydrogen) atoms. The van der Waals surface area contributed by atoms with Crippen LogP contribution in [0.3, 0.4) is 0 Å². The topological polar surface area (TPSA) is 43.4 Å². The van der Waals surface area contributed by atoms with Gasteiger partial charge >= 0.3 is 0 Å². The lowest BCUT2D eigenvalue weighted by molar-refractivity contribution is 0.00306. The van der Waals surface area contributed by atoms with E-state index in [1.54, 1.807) is 6.92 Å². The van der Waals surface area contributed by atoms with Gasteiger partial charge in [0.2, 0.25) is 0 Å². The largest absolute Gasteiger partial charge is 0.381 e. The third-order valence-electron chi connectivity index (χ3n) is 3.07. The molecule has 1 aliphatic rings. The molecule has 0 aromatic rings. The van der Waals surface area contributed by atoms with Crippen LogP contribution in [0.5, 0.6) is 0 Å². The minimum Gasteiger partial charge on any atom is -0.381 e. The van der Waals surface area contributed by atoms with E-state index in [4.69, 9.17) is 16.3 Å². The van der Waals surface area contributed by atoms with Crippen molar-refractivity contribution in [2.75, 3.05) is 30.6 Å². The molecular weight excluding hydrogens is 236 g/mol. The lowest BCUT2D eigenvalue weighted by atomic mass is 9.82. The van der Waals surface area contributed by atoms with E-state index in [9.17, 15) is 8.42 Å². The first-order chi connectivity index (χ1) is 7.04. The minimum atomic E-state index is -2.88. The second-order valence-corrected chi connectivity index (χ2v) is 7.02. The van der Waals surface area contributed by atoms with Gasteiger partial charge in [0.25, 0.3) is 0 Å². The van der Waals surface area contributed by atoms with Crippen molar-refractivity contribution < 1.29 is 13.2 Å². The molecule has 1 atom stereocenters. The zero-order valence-corrected chi connectivity index (χ0v) is 10.7. The van der Waals surface area contributed by atoms with Gasteiger partial charge in [0, 0.05) is 23.7 Å². The van der Waals surface area contributed by atoms with Crippen molar-refractivity contribution in [3.63, 3.8) is 0 Å². The molecule has 0 aromatic carbocycles. The van der Waals surface area contributed by atoms with Crippen molar-refractivity contribution in [1.29, 1.82) is 0 Å². The van der Waals surface area contributed by atoms with Gasteiger partial charge in [-0.15, -0.1) is 11.6 Å². The second kappa shape index (κ2) is 5.51. The van der Waals surface area contributed by atoms with Crippen molar-refractivity contribution in [2.24, 2.45) is 5.41 Å². The van der Waals surface area contributed by atoms with E-state index in [0.717, 1.165) is 19.4 Å². The Morgan fingerprint density at radius 1 is 1.47 bits per heavy atom. The molecule has 0 N–H and O–H groups in total. The monoisotopic (exact) mass is 254 g/mol. The molecule has 0 amide bonds. The van der Waals surface area contributed by atoms with Crippen molar-refractivity contribution in [1.82, 2.24) is 0 Å². The molecule has 0 aromatic heterocycles. The molecule has 0 aliphatic carbocycles. The minimum absolute atomic E-state index is 0.109. The normalized spacial score (nSPS) is 27.9. The van der Waals surface area contributed by atoms with Crippen LogP contribution in [0, 0.1) is 5.41 Å². The molecule has 0 spiro atoms. The third kappa shape index (κ3) is 3.93. The highest BCUT2D eigenvalue weighted by molar-refractivity contribution is 7.91. The summed E-state index contributed by atoms with van der Waals surface area (Å²) in [7, 11) is -2.88. The lowest BCUT2D eigenvalue weighted by Gasteiger charge is -2.35. The average molecular weight is 255 g/mol. The Bertz CT molecular complexity index is 281. The fourth-order valence-electron chi connectivity index (χ4n) is 1.80. The van der Waals surface area contributed by atoms with Crippen molar-refractivity contribution >= 4 is 21.4 Å². The maximum absolute atomic E-state index is 11.4. The molecule has 0 saturated carbocycles. The summed E-state index contributed by atoms with van der Waals surface area (Å²) in [6.45, 7) is 3.06. The van der Waals surface area contributed by atoms with Crippen LogP contribution in [0.1, 0.15) is 26.2 Å². The van der Waals surface area contributed by atoms with Crippen LogP contribution in [0.4, 0.5) is 0 Å². The van der Waals surface area contributed by atoms with E-state index in [0.29, 0.717) is 18.9 Å². The van der Waals surface area contributed by atoms with E-state index >= 15 is 0 Å². The molecular formula is C10H19ClO3S. The van der Waals surface area contributed by atoms with Gasteiger partial charge in [-0.25, -0.2) is 8.42 Å². The highest BCUT2D eigenvalue weighted by atomic mass is 35.5. The smallest absolute Gasteiger partial charge is 0.150 e. The zero-order chi connectivity index (χ0) is 11.4. The van der Waals surface area contributed by atoms with Crippen molar-refractivity contribution in [2.45, 2.75) is 26.2 Å². The van der Waals surface area contributed by atoms with Gasteiger partial charge in [-0.1, -0.05) is 6.92 Å². The molecule has 0 bridgehead atoms. The molecule has 5 heteroatoms. The Morgan fingerprint density at radius 3 is 2.67 bits per heavy atom. The van der Waals surface area contributed by atoms with Gasteiger partial charge in [-0.2, -0.15) is 0 Å². The van der Waals surface area contributed by atoms with E-state index in [1.165, 1.54) is 0 Å². The van der Waals surface area contributed by atoms with E-state index < -0.39 is 9.84 Å². The molecule has 1 unspecified atom stereocenters. The maximum Gasteiger partial charge on any atom is 0.150 e. The Hall–Kier alpha value is 0.200. The Morgan fingerprint density at radius 2 is 2.20 bits per heavy atom. The van der Waals surface area contributed by atoms with Crippen LogP contribution < -0.4 is 0 Å². The molecule has 1 aliphatic heterocycles. The summed E-state index contributed by atoms with van der Waals surface area (Å²) in [5, 5.41) is 0. The quantitative estimate of drug-likeness (QED) is 0.704. The fraction of sp³-hybridized carbons (Fsp3) is 1.00. The third-order valence-corrected chi connectivity index (χ3v) is 5.34. The molecule has 1 rings (SSSR count). The van der Waals surface area contributed by atoms with Crippen LogP contribution in [0.15, 0.2) is 0 Å². The van der Waals surface area contributed by atoms with E-state index in [1.807, 2.05) is 0 Å². The summed E-state index contributed by atoms with van der Waals surface area (Å²) in [4.78, 5) is 0. The predicted octanol–water partition coefficient (Wildman–Crippen LogP) is 1.85. The highest BCUT2D eigenvalue weighted by Gasteiger charge is 2.33. The van der Waals surface area contributed by atoms with Gasteiger partial charge < -0.3 is 4.74 Å². The summed E-state index contributed by atoms with van der Waals surface area (Å²) >= 11 is 5.93. The first-order valence-corrected chi connectivity index (χ1v) is 7.73. The van der Waals surface area contributed by atoms with E-state index in [2.05, 4.69) is 0 Å². The summed E-state index contributed by atoms with van der Waals surface area (Å²) < 4.78 is 28.2. The summed E-state index contributed by atoms with van der Waals surface area (Å²) in [5.41, 5.74) is -0.109. The van der Waals surface area contributed by atoms with Crippen LogP contribution in [0.25, 0.3) is 0 Å². The maximum atomic E-state index is 11.4. The van der Waals surface area contributed by atoms with Crippen molar-refractivity contribution in [3.8, 4) is 0 Å². The van der Waals surface area contributed by atoms with E-state index in [-0.39, 0.29) is 16.9 Å². The Kier molecular flexibility index (Phi) is 4.87. The van der Waals surface area contributed by atoms with Gasteiger partial charge in [0.15, 0.2) is 0 Å². The number of rotatable bonds is 5. The second-order valence-electron chi connectivity index (χ2n) is 4.28. The molecule has 3 nitrogen and oxygen atoms in total. The van der Waals surface area contributed by atoms with Crippen LogP contribution in [0.2, 0.25) is 0 Å². The number of halogens is 1. The van der Waals surface area contributed by atoms with Crippen LogP contribution in [-0.2, 0) is 14.6 Å². The Labute approximate surface area is 97.1 Å². The molecule has 1 saturated heterocycles. The molecule has 0 radical (unpaired) electrons. The van der Waals surface area contributed by atoms with Gasteiger partial charge in [0.1, 0.15) is 9.84 Å². The van der Waals surface area contributed by atoms with Gasteiger partial charge in [-0.05, 0) is 19.3 Å². The number of sulfone groups is 1. The Balaban J connectivity index is 2.53. The first-order valence-electron chi connectivity index (χ1n) is 5.38. The molecule has 1 fully saturated rings. The SMILES string of the molecule is CCS(=O)(=O)CCC1(CCl)CCCOC1. The van der Waals surface area contributed by atoms with Crippen molar-refractivity contribution in [3.05, 3.63) is 0 Å².